The second-order valence-electron chi connectivity index (χ2n) is 2.94. The van der Waals surface area contributed by atoms with Crippen LogP contribution in [-0.4, -0.2) is 12.4 Å². The van der Waals surface area contributed by atoms with E-state index in [4.69, 9.17) is 4.74 Å². The van der Waals surface area contributed by atoms with E-state index < -0.39 is 0 Å². The first-order valence-electron chi connectivity index (χ1n) is 4.14. The highest BCUT2D eigenvalue weighted by Crippen LogP contribution is 2.30. The van der Waals surface area contributed by atoms with E-state index in [1.807, 2.05) is 20.1 Å². The molecule has 0 amide bonds. The quantitative estimate of drug-likeness (QED) is 0.692. The molecule has 0 spiro atoms. The van der Waals surface area contributed by atoms with Gasteiger partial charge in [0.15, 0.2) is 0 Å². The van der Waals surface area contributed by atoms with Crippen LogP contribution in [0.4, 0.5) is 4.39 Å². The summed E-state index contributed by atoms with van der Waals surface area (Å²) >= 11 is 1.36. The molecule has 3 heteroatoms. The van der Waals surface area contributed by atoms with Gasteiger partial charge in [0, 0.05) is 0 Å². The summed E-state index contributed by atoms with van der Waals surface area (Å²) in [6.07, 6.45) is 1.92. The van der Waals surface area contributed by atoms with Gasteiger partial charge in [-0.1, -0.05) is 6.07 Å². The molecule has 72 valence electrons. The Morgan fingerprint density at radius 2 is 2.08 bits per heavy atom. The largest absolute Gasteiger partial charge is 0.490 e. The van der Waals surface area contributed by atoms with E-state index in [0.717, 1.165) is 0 Å². The van der Waals surface area contributed by atoms with Crippen LogP contribution in [0.1, 0.15) is 13.8 Å². The molecule has 0 saturated heterocycles. The van der Waals surface area contributed by atoms with Crippen molar-refractivity contribution in [3.63, 3.8) is 0 Å². The Morgan fingerprint density at radius 1 is 1.38 bits per heavy atom. The first-order valence-corrected chi connectivity index (χ1v) is 5.36. The van der Waals surface area contributed by atoms with Gasteiger partial charge in [0.2, 0.25) is 0 Å². The minimum Gasteiger partial charge on any atom is -0.490 e. The van der Waals surface area contributed by atoms with Crippen LogP contribution in [0.15, 0.2) is 23.1 Å². The molecular formula is C10H13FOS. The van der Waals surface area contributed by atoms with Gasteiger partial charge in [0.25, 0.3) is 0 Å². The molecule has 0 bridgehead atoms. The van der Waals surface area contributed by atoms with E-state index in [2.05, 4.69) is 0 Å². The Kier molecular flexibility index (Phi) is 3.60. The monoisotopic (exact) mass is 200 g/mol. The molecule has 0 atom stereocenters. The average Bonchev–Trinajstić information content (AvgIpc) is 2.03. The van der Waals surface area contributed by atoms with E-state index in [0.29, 0.717) is 10.6 Å². The molecule has 0 aliphatic heterocycles. The van der Waals surface area contributed by atoms with Crippen molar-refractivity contribution in [3.05, 3.63) is 24.0 Å². The van der Waals surface area contributed by atoms with Gasteiger partial charge in [0.1, 0.15) is 11.6 Å². The van der Waals surface area contributed by atoms with Crippen molar-refractivity contribution in [1.29, 1.82) is 0 Å². The van der Waals surface area contributed by atoms with Gasteiger partial charge < -0.3 is 4.74 Å². The van der Waals surface area contributed by atoms with Gasteiger partial charge in [-0.2, -0.15) is 0 Å². The molecule has 0 saturated carbocycles. The maximum absolute atomic E-state index is 13.2. The minimum atomic E-state index is -0.217. The van der Waals surface area contributed by atoms with Gasteiger partial charge in [-0.3, -0.25) is 0 Å². The third-order valence-corrected chi connectivity index (χ3v) is 2.30. The number of ether oxygens (including phenoxy) is 1. The highest BCUT2D eigenvalue weighted by molar-refractivity contribution is 7.98. The normalized spacial score (nSPS) is 10.5. The Hall–Kier alpha value is -0.700. The molecule has 0 radical (unpaired) electrons. The van der Waals surface area contributed by atoms with Crippen molar-refractivity contribution in [3.8, 4) is 5.75 Å². The molecule has 0 N–H and O–H groups in total. The maximum atomic E-state index is 13.2. The van der Waals surface area contributed by atoms with Crippen LogP contribution in [0, 0.1) is 5.82 Å². The zero-order chi connectivity index (χ0) is 9.84. The summed E-state index contributed by atoms with van der Waals surface area (Å²) in [5.41, 5.74) is 0. The van der Waals surface area contributed by atoms with Crippen molar-refractivity contribution in [2.45, 2.75) is 24.8 Å². The molecule has 0 aliphatic rings. The number of thioether (sulfide) groups is 1. The van der Waals surface area contributed by atoms with Crippen LogP contribution in [0.2, 0.25) is 0 Å². The van der Waals surface area contributed by atoms with Crippen LogP contribution < -0.4 is 4.74 Å². The molecule has 0 unspecified atom stereocenters. The van der Waals surface area contributed by atoms with E-state index in [-0.39, 0.29) is 11.9 Å². The summed E-state index contributed by atoms with van der Waals surface area (Å²) in [5.74, 6) is 0.410. The zero-order valence-electron chi connectivity index (χ0n) is 8.00. The summed E-state index contributed by atoms with van der Waals surface area (Å²) in [4.78, 5) is 0.580. The fraction of sp³-hybridized carbons (Fsp3) is 0.400. The second-order valence-corrected chi connectivity index (χ2v) is 3.75. The number of benzene rings is 1. The highest BCUT2D eigenvalue weighted by Gasteiger charge is 2.08. The average molecular weight is 200 g/mol. The van der Waals surface area contributed by atoms with Crippen molar-refractivity contribution in [2.75, 3.05) is 6.26 Å². The van der Waals surface area contributed by atoms with E-state index >= 15 is 0 Å². The maximum Gasteiger partial charge on any atom is 0.140 e. The van der Waals surface area contributed by atoms with Crippen molar-refractivity contribution >= 4 is 11.8 Å². The van der Waals surface area contributed by atoms with Crippen LogP contribution >= 0.6 is 11.8 Å². The van der Waals surface area contributed by atoms with Gasteiger partial charge in [0.05, 0.1) is 11.0 Å². The van der Waals surface area contributed by atoms with Gasteiger partial charge >= 0.3 is 0 Å². The fourth-order valence-corrected chi connectivity index (χ4v) is 1.61. The Bertz CT molecular complexity index is 286. The van der Waals surface area contributed by atoms with Gasteiger partial charge in [-0.25, -0.2) is 4.39 Å². The lowest BCUT2D eigenvalue weighted by atomic mass is 10.3. The van der Waals surface area contributed by atoms with Crippen LogP contribution in [0.25, 0.3) is 0 Å². The van der Waals surface area contributed by atoms with E-state index in [1.54, 1.807) is 12.1 Å². The van der Waals surface area contributed by atoms with E-state index in [9.17, 15) is 4.39 Å². The molecule has 13 heavy (non-hydrogen) atoms. The predicted molar refractivity (Wildman–Crippen MR) is 53.9 cm³/mol. The van der Waals surface area contributed by atoms with Gasteiger partial charge in [-0.05, 0) is 32.2 Å². The fourth-order valence-electron chi connectivity index (χ4n) is 1.03. The molecule has 0 aliphatic carbocycles. The first-order chi connectivity index (χ1) is 6.15. The smallest absolute Gasteiger partial charge is 0.140 e. The number of hydrogen-bond acceptors (Lipinski definition) is 2. The second kappa shape index (κ2) is 4.51. The SMILES string of the molecule is CSc1c(F)cccc1OC(C)C. The molecule has 0 aromatic heterocycles. The summed E-state index contributed by atoms with van der Waals surface area (Å²) < 4.78 is 18.7. The lowest BCUT2D eigenvalue weighted by Gasteiger charge is -2.12. The summed E-state index contributed by atoms with van der Waals surface area (Å²) in [6.45, 7) is 3.85. The zero-order valence-corrected chi connectivity index (χ0v) is 8.82. The van der Waals surface area contributed by atoms with Crippen LogP contribution in [0.3, 0.4) is 0 Å². The lowest BCUT2D eigenvalue weighted by molar-refractivity contribution is 0.234. The Morgan fingerprint density at radius 3 is 2.62 bits per heavy atom. The predicted octanol–water partition coefficient (Wildman–Crippen LogP) is 3.33. The third-order valence-electron chi connectivity index (χ3n) is 1.50. The van der Waals surface area contributed by atoms with Crippen molar-refractivity contribution in [1.82, 2.24) is 0 Å². The first kappa shape index (κ1) is 10.4. The van der Waals surface area contributed by atoms with Gasteiger partial charge in [-0.15, -0.1) is 11.8 Å². The minimum absolute atomic E-state index is 0.0766. The Labute approximate surface area is 82.3 Å². The summed E-state index contributed by atoms with van der Waals surface area (Å²) in [7, 11) is 0. The molecule has 1 aromatic carbocycles. The molecule has 1 nitrogen and oxygen atoms in total. The topological polar surface area (TPSA) is 9.23 Å². The number of hydrogen-bond donors (Lipinski definition) is 0. The van der Waals surface area contributed by atoms with Crippen LogP contribution in [-0.2, 0) is 0 Å². The molecule has 0 heterocycles. The van der Waals surface area contributed by atoms with E-state index in [1.165, 1.54) is 17.8 Å². The van der Waals surface area contributed by atoms with Crippen molar-refractivity contribution in [2.24, 2.45) is 0 Å². The number of halogens is 1. The Balaban J connectivity index is 2.98. The number of rotatable bonds is 3. The summed E-state index contributed by atoms with van der Waals surface area (Å²) in [6, 6.07) is 4.89. The highest BCUT2D eigenvalue weighted by atomic mass is 32.2. The standard InChI is InChI=1S/C10H13FOS/c1-7(2)12-9-6-4-5-8(11)10(9)13-3/h4-7H,1-3H3. The third kappa shape index (κ3) is 2.62. The summed E-state index contributed by atoms with van der Waals surface area (Å²) in [5, 5.41) is 0. The van der Waals surface area contributed by atoms with Crippen LogP contribution in [0.5, 0.6) is 5.75 Å². The molecule has 0 fully saturated rings. The lowest BCUT2D eigenvalue weighted by Crippen LogP contribution is -2.06. The molecular weight excluding hydrogens is 187 g/mol. The van der Waals surface area contributed by atoms with Crippen molar-refractivity contribution < 1.29 is 9.13 Å². The molecule has 1 rings (SSSR count). The molecule has 1 aromatic rings.